The van der Waals surface area contributed by atoms with Gasteiger partial charge in [-0.25, -0.2) is 0 Å². The van der Waals surface area contributed by atoms with Crippen LogP contribution in [-0.4, -0.2) is 23.3 Å². The number of hydrogen-bond acceptors (Lipinski definition) is 4. The van der Waals surface area contributed by atoms with Crippen LogP contribution in [0.3, 0.4) is 0 Å². The molecule has 1 saturated heterocycles. The van der Waals surface area contributed by atoms with Gasteiger partial charge in [-0.05, 0) is 60.7 Å². The Morgan fingerprint density at radius 2 is 1.76 bits per heavy atom. The minimum atomic E-state index is -0.835. The number of pyridine rings is 1. The fourth-order valence-electron chi connectivity index (χ4n) is 4.18. The third-order valence-electron chi connectivity index (χ3n) is 5.98. The van der Waals surface area contributed by atoms with Crippen molar-refractivity contribution in [3.8, 4) is 5.75 Å². The molecular weight excluding hydrogens is 426 g/mol. The first-order valence-electron chi connectivity index (χ1n) is 11.4. The molecule has 0 saturated carbocycles. The van der Waals surface area contributed by atoms with Crippen LogP contribution < -0.4 is 15.0 Å². The lowest BCUT2D eigenvalue weighted by Gasteiger charge is -2.27. The van der Waals surface area contributed by atoms with Crippen molar-refractivity contribution in [1.29, 1.82) is 0 Å². The Kier molecular flexibility index (Phi) is 6.21. The van der Waals surface area contributed by atoms with Gasteiger partial charge in [0, 0.05) is 47.7 Å². The van der Waals surface area contributed by atoms with Crippen molar-refractivity contribution >= 4 is 34.0 Å². The molecule has 6 nitrogen and oxygen atoms in total. The zero-order valence-corrected chi connectivity index (χ0v) is 18.7. The molecule has 3 aromatic carbocycles. The number of amides is 2. The molecule has 1 fully saturated rings. The van der Waals surface area contributed by atoms with Gasteiger partial charge in [0.1, 0.15) is 5.75 Å². The predicted molar refractivity (Wildman–Crippen MR) is 133 cm³/mol. The predicted octanol–water partition coefficient (Wildman–Crippen LogP) is 5.51. The van der Waals surface area contributed by atoms with Crippen LogP contribution in [0.4, 0.5) is 11.4 Å². The van der Waals surface area contributed by atoms with Crippen LogP contribution in [0.1, 0.15) is 30.9 Å². The minimum Gasteiger partial charge on any atom is -0.476 e. The molecule has 0 spiro atoms. The van der Waals surface area contributed by atoms with Crippen LogP contribution in [0.15, 0.2) is 91.3 Å². The van der Waals surface area contributed by atoms with Gasteiger partial charge in [0.15, 0.2) is 0 Å². The molecule has 34 heavy (non-hydrogen) atoms. The first kappa shape index (κ1) is 21.6. The second-order valence-electron chi connectivity index (χ2n) is 8.33. The van der Waals surface area contributed by atoms with Crippen LogP contribution in [0, 0.1) is 0 Å². The number of aromatic nitrogens is 1. The van der Waals surface area contributed by atoms with E-state index < -0.39 is 6.10 Å². The van der Waals surface area contributed by atoms with Crippen molar-refractivity contribution in [3.05, 3.63) is 96.8 Å². The zero-order valence-electron chi connectivity index (χ0n) is 18.7. The number of nitrogens with zero attached hydrogens (tertiary/aromatic N) is 2. The number of rotatable bonds is 6. The number of carbonyl (C=O) groups excluding carboxylic acids is 2. The summed E-state index contributed by atoms with van der Waals surface area (Å²) in [6.45, 7) is 0.732. The summed E-state index contributed by atoms with van der Waals surface area (Å²) in [6, 6.07) is 24.4. The molecule has 1 N–H and O–H groups in total. The van der Waals surface area contributed by atoms with E-state index in [2.05, 4.69) is 10.3 Å². The van der Waals surface area contributed by atoms with E-state index in [9.17, 15) is 9.59 Å². The average molecular weight is 452 g/mol. The number of anilines is 2. The molecule has 6 heteroatoms. The second-order valence-corrected chi connectivity index (χ2v) is 8.33. The standard InChI is InChI=1S/C28H25N3O3/c32-26-8-4-5-17-31(26)24-12-10-23(11-13-24)30-28(33)27(21-6-2-1-3-7-21)34-25-14-9-20-15-16-29-19-22(20)18-25/h1-3,6-7,9-16,18-19,27H,4-5,8,17H2,(H,30,33). The van der Waals surface area contributed by atoms with Gasteiger partial charge in [-0.3, -0.25) is 14.6 Å². The highest BCUT2D eigenvalue weighted by Crippen LogP contribution is 2.28. The SMILES string of the molecule is O=C(Nc1ccc(N2CCCCC2=O)cc1)C(Oc1ccc2ccncc2c1)c1ccccc1. The number of benzene rings is 3. The number of nitrogens with one attached hydrogen (secondary N) is 1. The van der Waals surface area contributed by atoms with E-state index in [-0.39, 0.29) is 11.8 Å². The molecule has 1 unspecified atom stereocenters. The topological polar surface area (TPSA) is 71.5 Å². The van der Waals surface area contributed by atoms with E-state index >= 15 is 0 Å². The summed E-state index contributed by atoms with van der Waals surface area (Å²) in [5.74, 6) is 0.453. The van der Waals surface area contributed by atoms with Gasteiger partial charge in [-0.15, -0.1) is 0 Å². The lowest BCUT2D eigenvalue weighted by Crippen LogP contribution is -2.35. The number of hydrogen-bond donors (Lipinski definition) is 1. The summed E-state index contributed by atoms with van der Waals surface area (Å²) in [5.41, 5.74) is 2.25. The average Bonchev–Trinajstić information content (AvgIpc) is 2.88. The normalized spacial score (nSPS) is 14.6. The molecule has 1 aromatic heterocycles. The highest BCUT2D eigenvalue weighted by molar-refractivity contribution is 5.97. The molecule has 1 aliphatic rings. The first-order valence-corrected chi connectivity index (χ1v) is 11.4. The lowest BCUT2D eigenvalue weighted by atomic mass is 10.1. The molecule has 4 aromatic rings. The molecule has 1 aliphatic heterocycles. The quantitative estimate of drug-likeness (QED) is 0.420. The zero-order chi connectivity index (χ0) is 23.3. The van der Waals surface area contributed by atoms with E-state index in [0.717, 1.165) is 41.4 Å². The second kappa shape index (κ2) is 9.75. The van der Waals surface area contributed by atoms with E-state index in [4.69, 9.17) is 4.74 Å². The lowest BCUT2D eigenvalue weighted by molar-refractivity contribution is -0.123. The Balaban J connectivity index is 1.36. The van der Waals surface area contributed by atoms with Crippen LogP contribution in [0.25, 0.3) is 10.8 Å². The summed E-state index contributed by atoms with van der Waals surface area (Å²) in [5, 5.41) is 4.95. The number of ether oxygens (including phenoxy) is 1. The van der Waals surface area contributed by atoms with Crippen LogP contribution >= 0.6 is 0 Å². The van der Waals surface area contributed by atoms with E-state index in [1.165, 1.54) is 0 Å². The molecular formula is C28H25N3O3. The fourth-order valence-corrected chi connectivity index (χ4v) is 4.18. The Morgan fingerprint density at radius 1 is 0.941 bits per heavy atom. The Bertz CT molecular complexity index is 1310. The Hall–Kier alpha value is -4.19. The molecule has 2 heterocycles. The van der Waals surface area contributed by atoms with Crippen molar-refractivity contribution in [2.45, 2.75) is 25.4 Å². The maximum Gasteiger partial charge on any atom is 0.270 e. The molecule has 1 atom stereocenters. The van der Waals surface area contributed by atoms with Crippen molar-refractivity contribution < 1.29 is 14.3 Å². The summed E-state index contributed by atoms with van der Waals surface area (Å²) >= 11 is 0. The summed E-state index contributed by atoms with van der Waals surface area (Å²) in [6.07, 6.45) is 5.21. The maximum atomic E-state index is 13.3. The van der Waals surface area contributed by atoms with Crippen molar-refractivity contribution in [1.82, 2.24) is 4.98 Å². The summed E-state index contributed by atoms with van der Waals surface area (Å²) in [4.78, 5) is 31.5. The monoisotopic (exact) mass is 451 g/mol. The van der Waals surface area contributed by atoms with Crippen molar-refractivity contribution in [2.24, 2.45) is 0 Å². The molecule has 2 amide bonds. The van der Waals surface area contributed by atoms with Crippen LogP contribution in [0.5, 0.6) is 5.75 Å². The molecule has 0 bridgehead atoms. The molecule has 5 rings (SSSR count). The third kappa shape index (κ3) is 4.76. The number of fused-ring (bicyclic) bond motifs is 1. The van der Waals surface area contributed by atoms with Gasteiger partial charge in [0.2, 0.25) is 12.0 Å². The highest BCUT2D eigenvalue weighted by Gasteiger charge is 2.24. The Morgan fingerprint density at radius 3 is 2.56 bits per heavy atom. The van der Waals surface area contributed by atoms with Gasteiger partial charge < -0.3 is 15.0 Å². The van der Waals surface area contributed by atoms with Gasteiger partial charge in [0.25, 0.3) is 5.91 Å². The molecule has 0 aliphatic carbocycles. The van der Waals surface area contributed by atoms with Crippen LogP contribution in [-0.2, 0) is 9.59 Å². The van der Waals surface area contributed by atoms with Crippen molar-refractivity contribution in [3.63, 3.8) is 0 Å². The number of carbonyl (C=O) groups is 2. The first-order chi connectivity index (χ1) is 16.7. The van der Waals surface area contributed by atoms with Gasteiger partial charge in [0.05, 0.1) is 0 Å². The minimum absolute atomic E-state index is 0.145. The Labute approximate surface area is 198 Å². The van der Waals surface area contributed by atoms with Gasteiger partial charge >= 0.3 is 0 Å². The van der Waals surface area contributed by atoms with Gasteiger partial charge in [-0.2, -0.15) is 0 Å². The van der Waals surface area contributed by atoms with Crippen LogP contribution in [0.2, 0.25) is 0 Å². The number of piperidine rings is 1. The highest BCUT2D eigenvalue weighted by atomic mass is 16.5. The van der Waals surface area contributed by atoms with Gasteiger partial charge in [-0.1, -0.05) is 36.4 Å². The fraction of sp³-hybridized carbons (Fsp3) is 0.179. The molecule has 0 radical (unpaired) electrons. The summed E-state index contributed by atoms with van der Waals surface area (Å²) < 4.78 is 6.18. The largest absolute Gasteiger partial charge is 0.476 e. The molecule has 170 valence electrons. The third-order valence-corrected chi connectivity index (χ3v) is 5.98. The van der Waals surface area contributed by atoms with Crippen molar-refractivity contribution in [2.75, 3.05) is 16.8 Å². The van der Waals surface area contributed by atoms with E-state index in [1.54, 1.807) is 17.3 Å². The summed E-state index contributed by atoms with van der Waals surface area (Å²) in [7, 11) is 0. The van der Waals surface area contributed by atoms with E-state index in [0.29, 0.717) is 17.9 Å². The smallest absolute Gasteiger partial charge is 0.270 e. The van der Waals surface area contributed by atoms with E-state index in [1.807, 2.05) is 78.9 Å². The maximum absolute atomic E-state index is 13.3.